The van der Waals surface area contributed by atoms with Gasteiger partial charge in [0.1, 0.15) is 18.1 Å². The highest BCUT2D eigenvalue weighted by Crippen LogP contribution is 2.06. The van der Waals surface area contributed by atoms with Crippen molar-refractivity contribution in [1.82, 2.24) is 25.9 Å². The van der Waals surface area contributed by atoms with Crippen molar-refractivity contribution in [3.05, 3.63) is 18.2 Å². The maximum atomic E-state index is 13.1. The highest BCUT2D eigenvalue weighted by molar-refractivity contribution is 7.98. The molecule has 4 unspecified atom stereocenters. The molecule has 0 spiro atoms. The van der Waals surface area contributed by atoms with Gasteiger partial charge in [0, 0.05) is 18.3 Å². The number of carboxylic acid groups (broad SMARTS) is 1. The minimum atomic E-state index is -1.19. The van der Waals surface area contributed by atoms with E-state index in [2.05, 4.69) is 25.9 Å². The molecule has 1 aromatic heterocycles. The first-order chi connectivity index (χ1) is 15.7. The average molecular weight is 486 g/mol. The summed E-state index contributed by atoms with van der Waals surface area (Å²) >= 11 is 1.48. The Hall–Kier alpha value is -2.64. The third-order valence-corrected chi connectivity index (χ3v) is 5.53. The number of H-pyrrole nitrogens is 1. The van der Waals surface area contributed by atoms with Gasteiger partial charge in [0.25, 0.3) is 0 Å². The molecule has 33 heavy (non-hydrogen) atoms. The van der Waals surface area contributed by atoms with E-state index in [1.807, 2.05) is 6.26 Å². The largest absolute Gasteiger partial charge is 0.480 e. The van der Waals surface area contributed by atoms with Crippen molar-refractivity contribution in [3.63, 3.8) is 0 Å². The maximum absolute atomic E-state index is 13.1. The summed E-state index contributed by atoms with van der Waals surface area (Å²) in [6.45, 7) is 1.83. The minimum Gasteiger partial charge on any atom is -0.480 e. The number of unbranched alkanes of at least 4 members (excludes halogenated alkanes) is 1. The normalized spacial score (nSPS) is 14.5. The molecule has 12 nitrogen and oxygen atoms in total. The van der Waals surface area contributed by atoms with Crippen LogP contribution in [0.2, 0.25) is 0 Å². The Kier molecular flexibility index (Phi) is 13.1. The number of thioether (sulfide) groups is 1. The summed E-state index contributed by atoms with van der Waals surface area (Å²) in [4.78, 5) is 56.1. The Bertz CT molecular complexity index is 762. The van der Waals surface area contributed by atoms with Crippen molar-refractivity contribution in [3.8, 4) is 0 Å². The van der Waals surface area contributed by atoms with Gasteiger partial charge in [0.15, 0.2) is 0 Å². The predicted octanol–water partition coefficient (Wildman–Crippen LogP) is -1.28. The van der Waals surface area contributed by atoms with Gasteiger partial charge in [0.2, 0.25) is 17.7 Å². The van der Waals surface area contributed by atoms with E-state index in [1.54, 1.807) is 0 Å². The molecule has 13 heteroatoms. The Morgan fingerprint density at radius 2 is 1.76 bits per heavy atom. The van der Waals surface area contributed by atoms with Crippen molar-refractivity contribution in [2.24, 2.45) is 11.5 Å². The second kappa shape index (κ2) is 15.2. The van der Waals surface area contributed by atoms with Gasteiger partial charge in [0.05, 0.1) is 12.4 Å². The van der Waals surface area contributed by atoms with E-state index in [0.29, 0.717) is 30.8 Å². The second-order valence-corrected chi connectivity index (χ2v) is 8.63. The highest BCUT2D eigenvalue weighted by atomic mass is 32.2. The molecule has 4 atom stereocenters. The zero-order chi connectivity index (χ0) is 24.8. The standard InChI is InChI=1S/C20H35N7O5S/c1-12(20(31)32)25-18(29)15(6-8-33-2)26-19(30)16(9-13-10-23-11-24-13)27-17(28)14(22)5-3-4-7-21/h10-12,14-16H,3-9,21-22H2,1-2H3,(H,23,24)(H,25,29)(H,26,30)(H,27,28)(H,31,32). The van der Waals surface area contributed by atoms with Crippen LogP contribution in [0.3, 0.4) is 0 Å². The first-order valence-electron chi connectivity index (χ1n) is 10.7. The van der Waals surface area contributed by atoms with Crippen LogP contribution < -0.4 is 27.4 Å². The number of carboxylic acids is 1. The van der Waals surface area contributed by atoms with Crippen LogP contribution in [0.15, 0.2) is 12.5 Å². The molecule has 0 saturated heterocycles. The van der Waals surface area contributed by atoms with Crippen molar-refractivity contribution >= 4 is 35.5 Å². The Morgan fingerprint density at radius 1 is 1.09 bits per heavy atom. The molecule has 0 aliphatic heterocycles. The van der Waals surface area contributed by atoms with E-state index in [-0.39, 0.29) is 12.8 Å². The first kappa shape index (κ1) is 28.4. The smallest absolute Gasteiger partial charge is 0.325 e. The Balaban J connectivity index is 2.92. The number of aromatic amines is 1. The molecule has 0 aliphatic carbocycles. The second-order valence-electron chi connectivity index (χ2n) is 7.64. The molecule has 9 N–H and O–H groups in total. The fourth-order valence-corrected chi connectivity index (χ4v) is 3.37. The van der Waals surface area contributed by atoms with Crippen LogP contribution in [0.5, 0.6) is 0 Å². The summed E-state index contributed by atoms with van der Waals surface area (Å²) in [5.41, 5.74) is 12.0. The number of nitrogens with zero attached hydrogens (tertiary/aromatic N) is 1. The highest BCUT2D eigenvalue weighted by Gasteiger charge is 2.29. The topological polar surface area (TPSA) is 205 Å². The molecular weight excluding hydrogens is 450 g/mol. The quantitative estimate of drug-likeness (QED) is 0.139. The summed E-state index contributed by atoms with van der Waals surface area (Å²) in [6.07, 6.45) is 7.06. The van der Waals surface area contributed by atoms with E-state index < -0.39 is 47.9 Å². The lowest BCUT2D eigenvalue weighted by molar-refractivity contribution is -0.141. The van der Waals surface area contributed by atoms with Crippen molar-refractivity contribution in [1.29, 1.82) is 0 Å². The van der Waals surface area contributed by atoms with Crippen LogP contribution in [-0.4, -0.2) is 81.5 Å². The van der Waals surface area contributed by atoms with Crippen LogP contribution in [0.1, 0.15) is 38.3 Å². The third kappa shape index (κ3) is 10.7. The minimum absolute atomic E-state index is 0.107. The van der Waals surface area contributed by atoms with Gasteiger partial charge in [-0.05, 0) is 44.7 Å². The van der Waals surface area contributed by atoms with Crippen molar-refractivity contribution in [2.45, 2.75) is 63.2 Å². The summed E-state index contributed by atoms with van der Waals surface area (Å²) in [6, 6.07) is -3.90. The van der Waals surface area contributed by atoms with Crippen LogP contribution in [0.4, 0.5) is 0 Å². The van der Waals surface area contributed by atoms with Crippen LogP contribution in [0.25, 0.3) is 0 Å². The van der Waals surface area contributed by atoms with E-state index in [9.17, 15) is 19.2 Å². The maximum Gasteiger partial charge on any atom is 0.325 e. The molecule has 3 amide bonds. The van der Waals surface area contributed by atoms with Crippen LogP contribution >= 0.6 is 11.8 Å². The Labute approximate surface area is 197 Å². The lowest BCUT2D eigenvalue weighted by atomic mass is 10.1. The van der Waals surface area contributed by atoms with Gasteiger partial charge in [-0.25, -0.2) is 4.98 Å². The Morgan fingerprint density at radius 3 is 2.33 bits per heavy atom. The SMILES string of the molecule is CSCCC(NC(=O)C(Cc1cnc[nH]1)NC(=O)C(N)CCCCN)C(=O)NC(C)C(=O)O. The molecule has 1 rings (SSSR count). The van der Waals surface area contributed by atoms with Crippen LogP contribution in [-0.2, 0) is 25.6 Å². The molecular formula is C20H35N7O5S. The summed E-state index contributed by atoms with van der Waals surface area (Å²) < 4.78 is 0. The lowest BCUT2D eigenvalue weighted by Crippen LogP contribution is -2.57. The molecule has 0 bridgehead atoms. The summed E-state index contributed by atoms with van der Waals surface area (Å²) in [5.74, 6) is -2.32. The molecule has 0 aromatic carbocycles. The molecule has 186 valence electrons. The number of hydrogen-bond donors (Lipinski definition) is 7. The number of aromatic nitrogens is 2. The summed E-state index contributed by atoms with van der Waals surface area (Å²) in [5, 5.41) is 16.7. The van der Waals surface area contributed by atoms with E-state index >= 15 is 0 Å². The first-order valence-corrected chi connectivity index (χ1v) is 12.1. The van der Waals surface area contributed by atoms with Gasteiger partial charge in [-0.3, -0.25) is 19.2 Å². The summed E-state index contributed by atoms with van der Waals surface area (Å²) in [7, 11) is 0. The molecule has 0 saturated carbocycles. The molecule has 0 aliphatic rings. The van der Waals surface area contributed by atoms with Gasteiger partial charge < -0.3 is 37.5 Å². The van der Waals surface area contributed by atoms with Crippen LogP contribution in [0, 0.1) is 0 Å². The molecule has 1 aromatic rings. The van der Waals surface area contributed by atoms with Crippen molar-refractivity contribution in [2.75, 3.05) is 18.6 Å². The lowest BCUT2D eigenvalue weighted by Gasteiger charge is -2.24. The molecule has 0 radical (unpaired) electrons. The van der Waals surface area contributed by atoms with E-state index in [0.717, 1.165) is 6.42 Å². The third-order valence-electron chi connectivity index (χ3n) is 4.89. The van der Waals surface area contributed by atoms with Gasteiger partial charge in [-0.15, -0.1) is 0 Å². The zero-order valence-corrected chi connectivity index (χ0v) is 19.8. The average Bonchev–Trinajstić information content (AvgIpc) is 3.28. The number of nitrogens with one attached hydrogen (secondary N) is 4. The number of amides is 3. The predicted molar refractivity (Wildman–Crippen MR) is 125 cm³/mol. The number of carbonyl (C=O) groups excluding carboxylic acids is 3. The van der Waals surface area contributed by atoms with Crippen molar-refractivity contribution < 1.29 is 24.3 Å². The van der Waals surface area contributed by atoms with Gasteiger partial charge >= 0.3 is 5.97 Å². The van der Waals surface area contributed by atoms with Gasteiger partial charge in [-0.2, -0.15) is 11.8 Å². The van der Waals surface area contributed by atoms with E-state index in [1.165, 1.54) is 31.2 Å². The number of aliphatic carboxylic acids is 1. The molecule has 1 heterocycles. The number of carbonyl (C=O) groups is 4. The number of imidazole rings is 1. The fourth-order valence-electron chi connectivity index (χ4n) is 2.90. The number of rotatable bonds is 16. The van der Waals surface area contributed by atoms with Gasteiger partial charge in [-0.1, -0.05) is 6.42 Å². The zero-order valence-electron chi connectivity index (χ0n) is 19.0. The fraction of sp³-hybridized carbons (Fsp3) is 0.650. The number of hydrogen-bond acceptors (Lipinski definition) is 8. The number of nitrogens with two attached hydrogens (primary N) is 2. The molecule has 0 fully saturated rings. The van der Waals surface area contributed by atoms with E-state index in [4.69, 9.17) is 16.6 Å². The monoisotopic (exact) mass is 485 g/mol.